The molecule has 0 bridgehead atoms. The molecule has 31 heavy (non-hydrogen) atoms. The van der Waals surface area contributed by atoms with Crippen LogP contribution in [0.4, 0.5) is 0 Å². The van der Waals surface area contributed by atoms with Crippen LogP contribution < -0.4 is 4.74 Å². The van der Waals surface area contributed by atoms with Gasteiger partial charge in [-0.2, -0.15) is 5.10 Å². The molecule has 0 N–H and O–H groups in total. The van der Waals surface area contributed by atoms with Crippen molar-refractivity contribution in [3.8, 4) is 33.4 Å². The van der Waals surface area contributed by atoms with Crippen LogP contribution >= 0.6 is 27.3 Å². The molecule has 6 rings (SSSR count). The number of carbonyl (C=O) groups is 1. The topological polar surface area (TPSA) is 57.0 Å². The standard InChI is InChI=1S/C24H14BrN3O2S/c1-30-15-10-11-18-19(12-15)31-24(26-18)28-22-16-4-2-3-5-17(16)23(29)20(22)21(27-28)13-6-8-14(25)9-7-13/h2-12H,1H3. The fourth-order valence-electron chi connectivity index (χ4n) is 3.96. The number of ether oxygens (including phenoxy) is 1. The predicted molar refractivity (Wildman–Crippen MR) is 125 cm³/mol. The van der Waals surface area contributed by atoms with Crippen molar-refractivity contribution >= 4 is 43.3 Å². The molecule has 150 valence electrons. The van der Waals surface area contributed by atoms with Gasteiger partial charge in [0.1, 0.15) is 11.4 Å². The minimum absolute atomic E-state index is 0.00227. The summed E-state index contributed by atoms with van der Waals surface area (Å²) < 4.78 is 9.14. The Bertz CT molecular complexity index is 1500. The maximum atomic E-state index is 13.4. The summed E-state index contributed by atoms with van der Waals surface area (Å²) in [6, 6.07) is 21.3. The number of methoxy groups -OCH3 is 1. The van der Waals surface area contributed by atoms with E-state index in [1.165, 1.54) is 11.3 Å². The Morgan fingerprint density at radius 2 is 1.77 bits per heavy atom. The van der Waals surface area contributed by atoms with Gasteiger partial charge in [-0.15, -0.1) is 0 Å². The first-order valence-electron chi connectivity index (χ1n) is 9.62. The number of nitrogens with zero attached hydrogens (tertiary/aromatic N) is 3. The Morgan fingerprint density at radius 3 is 2.55 bits per heavy atom. The number of aromatic nitrogens is 3. The van der Waals surface area contributed by atoms with Gasteiger partial charge in [-0.3, -0.25) is 4.79 Å². The average molecular weight is 488 g/mol. The molecular weight excluding hydrogens is 474 g/mol. The van der Waals surface area contributed by atoms with Crippen LogP contribution in [0.3, 0.4) is 0 Å². The molecule has 7 heteroatoms. The highest BCUT2D eigenvalue weighted by Gasteiger charge is 2.35. The van der Waals surface area contributed by atoms with Crippen molar-refractivity contribution in [1.82, 2.24) is 14.8 Å². The number of carbonyl (C=O) groups excluding carboxylic acids is 1. The van der Waals surface area contributed by atoms with Crippen molar-refractivity contribution in [2.24, 2.45) is 0 Å². The smallest absolute Gasteiger partial charge is 0.212 e. The van der Waals surface area contributed by atoms with Crippen molar-refractivity contribution in [3.05, 3.63) is 82.3 Å². The first-order chi connectivity index (χ1) is 15.1. The summed E-state index contributed by atoms with van der Waals surface area (Å²) in [6.45, 7) is 0. The van der Waals surface area contributed by atoms with Crippen LogP contribution in [0.2, 0.25) is 0 Å². The molecule has 1 aliphatic rings. The zero-order valence-corrected chi connectivity index (χ0v) is 18.7. The maximum Gasteiger partial charge on any atom is 0.212 e. The van der Waals surface area contributed by atoms with Gasteiger partial charge in [0, 0.05) is 21.2 Å². The summed E-state index contributed by atoms with van der Waals surface area (Å²) >= 11 is 5.00. The van der Waals surface area contributed by atoms with Crippen LogP contribution in [-0.2, 0) is 0 Å². The van der Waals surface area contributed by atoms with Crippen LogP contribution in [0, 0.1) is 0 Å². The van der Waals surface area contributed by atoms with Crippen LogP contribution in [0.15, 0.2) is 71.2 Å². The Labute approximate surface area is 190 Å². The van der Waals surface area contributed by atoms with Crippen molar-refractivity contribution in [2.45, 2.75) is 0 Å². The zero-order valence-electron chi connectivity index (χ0n) is 16.3. The van der Waals surface area contributed by atoms with E-state index in [-0.39, 0.29) is 5.78 Å². The number of rotatable bonds is 3. The Kier molecular flexibility index (Phi) is 4.09. The van der Waals surface area contributed by atoms with E-state index >= 15 is 0 Å². The lowest BCUT2D eigenvalue weighted by atomic mass is 10.0. The number of hydrogen-bond acceptors (Lipinski definition) is 5. The van der Waals surface area contributed by atoms with Crippen LogP contribution in [0.5, 0.6) is 5.75 Å². The van der Waals surface area contributed by atoms with E-state index in [1.54, 1.807) is 7.11 Å². The van der Waals surface area contributed by atoms with E-state index in [4.69, 9.17) is 14.8 Å². The summed E-state index contributed by atoms with van der Waals surface area (Å²) in [4.78, 5) is 18.2. The molecule has 1 aliphatic carbocycles. The maximum absolute atomic E-state index is 13.4. The molecule has 5 nitrogen and oxygen atoms in total. The fourth-order valence-corrected chi connectivity index (χ4v) is 5.18. The molecule has 0 saturated carbocycles. The van der Waals surface area contributed by atoms with Gasteiger partial charge in [-0.05, 0) is 30.3 Å². The lowest BCUT2D eigenvalue weighted by molar-refractivity contribution is 0.104. The molecule has 5 aromatic rings. The first kappa shape index (κ1) is 18.5. The van der Waals surface area contributed by atoms with Gasteiger partial charge in [0.25, 0.3) is 0 Å². The minimum Gasteiger partial charge on any atom is -0.497 e. The molecule has 0 saturated heterocycles. The number of benzene rings is 3. The molecule has 3 aromatic carbocycles. The number of fused-ring (bicyclic) bond motifs is 4. The van der Waals surface area contributed by atoms with Gasteiger partial charge in [-0.1, -0.05) is 63.7 Å². The number of halogens is 1. The van der Waals surface area contributed by atoms with E-state index in [0.29, 0.717) is 22.0 Å². The zero-order chi connectivity index (χ0) is 21.1. The second kappa shape index (κ2) is 6.87. The summed E-state index contributed by atoms with van der Waals surface area (Å²) in [5.41, 5.74) is 5.43. The SMILES string of the molecule is COc1ccc2nc(-n3nc(-c4ccc(Br)cc4)c4c3-c3ccccc3C4=O)sc2c1. The highest BCUT2D eigenvalue weighted by molar-refractivity contribution is 9.10. The molecule has 0 amide bonds. The molecule has 0 unspecified atom stereocenters. The third-order valence-corrected chi connectivity index (χ3v) is 6.94. The highest BCUT2D eigenvalue weighted by Crippen LogP contribution is 2.43. The molecule has 2 heterocycles. The lowest BCUT2D eigenvalue weighted by Gasteiger charge is -2.03. The molecule has 0 radical (unpaired) electrons. The lowest BCUT2D eigenvalue weighted by Crippen LogP contribution is -2.00. The van der Waals surface area contributed by atoms with E-state index in [2.05, 4.69) is 15.9 Å². The summed E-state index contributed by atoms with van der Waals surface area (Å²) in [5.74, 6) is 0.780. The van der Waals surface area contributed by atoms with Gasteiger partial charge >= 0.3 is 0 Å². The van der Waals surface area contributed by atoms with Crippen molar-refractivity contribution in [3.63, 3.8) is 0 Å². The molecule has 0 spiro atoms. The van der Waals surface area contributed by atoms with Gasteiger partial charge < -0.3 is 4.74 Å². The molecule has 0 atom stereocenters. The van der Waals surface area contributed by atoms with Gasteiger partial charge in [0.05, 0.1) is 28.6 Å². The second-order valence-electron chi connectivity index (χ2n) is 7.20. The van der Waals surface area contributed by atoms with E-state index in [0.717, 1.165) is 37.3 Å². The molecule has 2 aromatic heterocycles. The Morgan fingerprint density at radius 1 is 1.00 bits per heavy atom. The second-order valence-corrected chi connectivity index (χ2v) is 9.12. The average Bonchev–Trinajstić information content (AvgIpc) is 3.47. The molecule has 0 fully saturated rings. The fraction of sp³-hybridized carbons (Fsp3) is 0.0417. The van der Waals surface area contributed by atoms with Gasteiger partial charge in [0.15, 0.2) is 5.78 Å². The number of ketones is 1. The van der Waals surface area contributed by atoms with Crippen LogP contribution in [-0.4, -0.2) is 27.7 Å². The van der Waals surface area contributed by atoms with E-state index < -0.39 is 0 Å². The normalized spacial score (nSPS) is 12.3. The summed E-state index contributed by atoms with van der Waals surface area (Å²) in [7, 11) is 1.65. The van der Waals surface area contributed by atoms with Gasteiger partial charge in [-0.25, -0.2) is 9.67 Å². The Balaban J connectivity index is 1.63. The third kappa shape index (κ3) is 2.77. The van der Waals surface area contributed by atoms with Crippen LogP contribution in [0.25, 0.3) is 37.9 Å². The Hall–Kier alpha value is -3.29. The third-order valence-electron chi connectivity index (χ3n) is 5.42. The predicted octanol–water partition coefficient (Wildman–Crippen LogP) is 6.13. The molecule has 0 aliphatic heterocycles. The number of hydrogen-bond donors (Lipinski definition) is 0. The van der Waals surface area contributed by atoms with Crippen LogP contribution in [0.1, 0.15) is 15.9 Å². The minimum atomic E-state index is -0.00227. The largest absolute Gasteiger partial charge is 0.497 e. The van der Waals surface area contributed by atoms with Crippen molar-refractivity contribution in [1.29, 1.82) is 0 Å². The van der Waals surface area contributed by atoms with E-state index in [1.807, 2.05) is 71.4 Å². The summed E-state index contributed by atoms with van der Waals surface area (Å²) in [5, 5.41) is 5.60. The summed E-state index contributed by atoms with van der Waals surface area (Å²) in [6.07, 6.45) is 0. The monoisotopic (exact) mass is 487 g/mol. The highest BCUT2D eigenvalue weighted by atomic mass is 79.9. The number of thiazole rings is 1. The first-order valence-corrected chi connectivity index (χ1v) is 11.2. The quantitative estimate of drug-likeness (QED) is 0.301. The van der Waals surface area contributed by atoms with Gasteiger partial charge in [0.2, 0.25) is 5.13 Å². The van der Waals surface area contributed by atoms with Crippen molar-refractivity contribution < 1.29 is 9.53 Å². The van der Waals surface area contributed by atoms with Crippen molar-refractivity contribution in [2.75, 3.05) is 7.11 Å². The van der Waals surface area contributed by atoms with E-state index in [9.17, 15) is 4.79 Å². The molecular formula is C24H14BrN3O2S.